The van der Waals surface area contributed by atoms with E-state index in [1.165, 1.54) is 5.56 Å². The molecule has 98 valence electrons. The molecular weight excluding hydrogens is 240 g/mol. The van der Waals surface area contributed by atoms with Gasteiger partial charge in [0.15, 0.2) is 0 Å². The maximum Gasteiger partial charge on any atom is 0.347 e. The summed E-state index contributed by atoms with van der Waals surface area (Å²) in [6, 6.07) is 10.1. The Morgan fingerprint density at radius 3 is 2.95 bits per heavy atom. The van der Waals surface area contributed by atoms with Gasteiger partial charge in [0.2, 0.25) is 0 Å². The fourth-order valence-corrected chi connectivity index (χ4v) is 2.32. The van der Waals surface area contributed by atoms with E-state index in [9.17, 15) is 4.79 Å². The molecule has 0 amide bonds. The first-order valence-corrected chi connectivity index (χ1v) is 6.43. The average molecular weight is 256 g/mol. The van der Waals surface area contributed by atoms with Crippen molar-refractivity contribution in [3.8, 4) is 0 Å². The van der Waals surface area contributed by atoms with Crippen LogP contribution in [0, 0.1) is 0 Å². The second kappa shape index (κ2) is 5.24. The van der Waals surface area contributed by atoms with E-state index in [0.29, 0.717) is 18.9 Å². The molecular formula is C14H16N4O. The highest BCUT2D eigenvalue weighted by molar-refractivity contribution is 5.47. The van der Waals surface area contributed by atoms with E-state index in [1.54, 1.807) is 0 Å². The predicted octanol–water partition coefficient (Wildman–Crippen LogP) is 1.03. The van der Waals surface area contributed by atoms with Crippen molar-refractivity contribution in [2.75, 3.05) is 11.9 Å². The van der Waals surface area contributed by atoms with E-state index in [-0.39, 0.29) is 5.69 Å². The van der Waals surface area contributed by atoms with Crippen molar-refractivity contribution in [3.63, 3.8) is 0 Å². The van der Waals surface area contributed by atoms with Gasteiger partial charge < -0.3 is 15.6 Å². The largest absolute Gasteiger partial charge is 0.366 e. The first-order valence-electron chi connectivity index (χ1n) is 6.43. The van der Waals surface area contributed by atoms with Gasteiger partial charge in [-0.1, -0.05) is 30.3 Å². The monoisotopic (exact) mass is 256 g/mol. The van der Waals surface area contributed by atoms with E-state index in [1.807, 2.05) is 30.3 Å². The number of nitrogens with zero attached hydrogens (tertiary/aromatic N) is 1. The summed E-state index contributed by atoms with van der Waals surface area (Å²) in [5, 5.41) is 6.51. The Morgan fingerprint density at radius 2 is 2.11 bits per heavy atom. The molecule has 1 aromatic heterocycles. The Bertz CT molecular complexity index is 621. The first kappa shape index (κ1) is 11.9. The zero-order chi connectivity index (χ0) is 13.1. The van der Waals surface area contributed by atoms with Crippen LogP contribution in [0.15, 0.2) is 35.1 Å². The third-order valence-corrected chi connectivity index (χ3v) is 3.28. The summed E-state index contributed by atoms with van der Waals surface area (Å²) in [6.07, 6.45) is 0.885. The summed E-state index contributed by atoms with van der Waals surface area (Å²) < 4.78 is 0. The zero-order valence-corrected chi connectivity index (χ0v) is 10.6. The van der Waals surface area contributed by atoms with Gasteiger partial charge >= 0.3 is 5.69 Å². The van der Waals surface area contributed by atoms with Crippen LogP contribution >= 0.6 is 0 Å². The molecule has 19 heavy (non-hydrogen) atoms. The summed E-state index contributed by atoms with van der Waals surface area (Å²) in [6.45, 7) is 2.30. The first-order chi connectivity index (χ1) is 9.33. The molecule has 0 saturated carbocycles. The molecule has 5 heteroatoms. The lowest BCUT2D eigenvalue weighted by Crippen LogP contribution is -2.30. The molecule has 5 nitrogen and oxygen atoms in total. The molecule has 2 aromatic rings. The van der Waals surface area contributed by atoms with Crippen molar-refractivity contribution in [3.05, 3.63) is 57.6 Å². The molecule has 3 rings (SSSR count). The summed E-state index contributed by atoms with van der Waals surface area (Å²) in [7, 11) is 0. The number of rotatable bonds is 3. The molecule has 0 saturated heterocycles. The number of hydrogen-bond donors (Lipinski definition) is 3. The normalized spacial score (nSPS) is 13.9. The Hall–Kier alpha value is -2.14. The van der Waals surface area contributed by atoms with E-state index in [2.05, 4.69) is 20.6 Å². The molecule has 1 aliphatic rings. The minimum absolute atomic E-state index is 0.294. The Labute approximate surface area is 111 Å². The van der Waals surface area contributed by atoms with Gasteiger partial charge in [0.25, 0.3) is 0 Å². The quantitative estimate of drug-likeness (QED) is 0.767. The van der Waals surface area contributed by atoms with Crippen molar-refractivity contribution >= 4 is 5.82 Å². The van der Waals surface area contributed by atoms with E-state index in [0.717, 1.165) is 24.2 Å². The highest BCUT2D eigenvalue weighted by Crippen LogP contribution is 2.18. The Balaban J connectivity index is 1.84. The molecule has 0 spiro atoms. The van der Waals surface area contributed by atoms with Crippen LogP contribution in [-0.4, -0.2) is 16.5 Å². The molecule has 0 aliphatic carbocycles. The van der Waals surface area contributed by atoms with Crippen LogP contribution in [0.2, 0.25) is 0 Å². The van der Waals surface area contributed by atoms with Gasteiger partial charge in [-0.15, -0.1) is 0 Å². The fraction of sp³-hybridized carbons (Fsp3) is 0.286. The van der Waals surface area contributed by atoms with Gasteiger partial charge in [0.05, 0.1) is 0 Å². The third-order valence-electron chi connectivity index (χ3n) is 3.28. The van der Waals surface area contributed by atoms with Gasteiger partial charge in [0, 0.05) is 24.3 Å². The lowest BCUT2D eigenvalue weighted by atomic mass is 10.1. The van der Waals surface area contributed by atoms with Crippen LogP contribution in [0.4, 0.5) is 5.82 Å². The van der Waals surface area contributed by atoms with Gasteiger partial charge in [-0.25, -0.2) is 4.79 Å². The van der Waals surface area contributed by atoms with Crippen molar-refractivity contribution < 1.29 is 0 Å². The molecule has 1 aromatic carbocycles. The van der Waals surface area contributed by atoms with Gasteiger partial charge in [0.1, 0.15) is 5.82 Å². The smallest absolute Gasteiger partial charge is 0.347 e. The molecule has 2 heterocycles. The molecule has 0 unspecified atom stereocenters. The highest BCUT2D eigenvalue weighted by Gasteiger charge is 2.15. The summed E-state index contributed by atoms with van der Waals surface area (Å²) in [5.74, 6) is 0.712. The van der Waals surface area contributed by atoms with Crippen LogP contribution in [0.25, 0.3) is 0 Å². The summed E-state index contributed by atoms with van der Waals surface area (Å²) in [4.78, 5) is 18.4. The fourth-order valence-electron chi connectivity index (χ4n) is 2.32. The molecule has 0 atom stereocenters. The van der Waals surface area contributed by atoms with Gasteiger partial charge in [-0.2, -0.15) is 4.98 Å². The number of aromatic nitrogens is 2. The standard InChI is InChI=1S/C14H16N4O/c19-14-17-12-9-15-7-6-11(12)13(18-14)16-8-10-4-2-1-3-5-10/h1-5,15H,6-9H2,(H2,16,17,18,19). The van der Waals surface area contributed by atoms with Crippen molar-refractivity contribution in [1.29, 1.82) is 0 Å². The average Bonchev–Trinajstić information content (AvgIpc) is 2.45. The Morgan fingerprint density at radius 1 is 1.26 bits per heavy atom. The third kappa shape index (κ3) is 2.66. The second-order valence-electron chi connectivity index (χ2n) is 4.61. The topological polar surface area (TPSA) is 69.8 Å². The van der Waals surface area contributed by atoms with Gasteiger partial charge in [-0.05, 0) is 18.5 Å². The van der Waals surface area contributed by atoms with Crippen molar-refractivity contribution in [2.45, 2.75) is 19.5 Å². The molecule has 1 aliphatic heterocycles. The number of H-pyrrole nitrogens is 1. The zero-order valence-electron chi connectivity index (χ0n) is 10.6. The highest BCUT2D eigenvalue weighted by atomic mass is 16.1. The van der Waals surface area contributed by atoms with E-state index >= 15 is 0 Å². The van der Waals surface area contributed by atoms with Crippen LogP contribution in [-0.2, 0) is 19.5 Å². The van der Waals surface area contributed by atoms with E-state index in [4.69, 9.17) is 0 Å². The number of aromatic amines is 1. The lowest BCUT2D eigenvalue weighted by molar-refractivity contribution is 0.620. The molecule has 0 radical (unpaired) electrons. The minimum atomic E-state index is -0.294. The minimum Gasteiger partial charge on any atom is -0.366 e. The summed E-state index contributed by atoms with van der Waals surface area (Å²) in [5.41, 5.74) is 2.95. The number of fused-ring (bicyclic) bond motifs is 1. The molecule has 0 bridgehead atoms. The number of benzene rings is 1. The summed E-state index contributed by atoms with van der Waals surface area (Å²) >= 11 is 0. The maximum absolute atomic E-state index is 11.5. The van der Waals surface area contributed by atoms with Crippen LogP contribution in [0.5, 0.6) is 0 Å². The lowest BCUT2D eigenvalue weighted by Gasteiger charge is -2.19. The number of anilines is 1. The molecule has 0 fully saturated rings. The van der Waals surface area contributed by atoms with Crippen molar-refractivity contribution in [1.82, 2.24) is 15.3 Å². The maximum atomic E-state index is 11.5. The van der Waals surface area contributed by atoms with E-state index < -0.39 is 0 Å². The van der Waals surface area contributed by atoms with Crippen LogP contribution < -0.4 is 16.3 Å². The second-order valence-corrected chi connectivity index (χ2v) is 4.61. The van der Waals surface area contributed by atoms with Crippen molar-refractivity contribution in [2.24, 2.45) is 0 Å². The molecule has 3 N–H and O–H groups in total. The SMILES string of the molecule is O=c1nc(NCc2ccccc2)c2c([nH]1)CNCC2. The van der Waals surface area contributed by atoms with Gasteiger partial charge in [-0.3, -0.25) is 0 Å². The predicted molar refractivity (Wildman–Crippen MR) is 74.0 cm³/mol. The number of nitrogens with one attached hydrogen (secondary N) is 3. The van der Waals surface area contributed by atoms with Crippen LogP contribution in [0.3, 0.4) is 0 Å². The Kier molecular flexibility index (Phi) is 3.29. The number of hydrogen-bond acceptors (Lipinski definition) is 4. The van der Waals surface area contributed by atoms with Crippen LogP contribution in [0.1, 0.15) is 16.8 Å².